The molecule has 1 fully saturated rings. The molecule has 1 saturated heterocycles. The summed E-state index contributed by atoms with van der Waals surface area (Å²) in [5.74, 6) is -1.39. The Labute approximate surface area is 123 Å². The van der Waals surface area contributed by atoms with Crippen molar-refractivity contribution in [2.45, 2.75) is 25.2 Å². The smallest absolute Gasteiger partial charge is 0.311 e. The van der Waals surface area contributed by atoms with Gasteiger partial charge in [0.15, 0.2) is 0 Å². The van der Waals surface area contributed by atoms with Crippen molar-refractivity contribution in [2.75, 3.05) is 19.6 Å². The Hall–Kier alpha value is -0.770. The highest BCUT2D eigenvalue weighted by Crippen LogP contribution is 2.30. The molecule has 1 atom stereocenters. The summed E-state index contributed by atoms with van der Waals surface area (Å²) in [5, 5.41) is 10.3. The van der Waals surface area contributed by atoms with E-state index in [0.717, 1.165) is 19.6 Å². The second-order valence-corrected chi connectivity index (χ2v) is 5.74. The molecule has 1 aromatic carbocycles. The second-order valence-electron chi connectivity index (χ2n) is 4.89. The molecule has 1 heterocycles. The number of carbonyl (C=O) groups is 1. The molecule has 104 valence electrons. The van der Waals surface area contributed by atoms with Crippen molar-refractivity contribution in [3.05, 3.63) is 33.8 Å². The lowest BCUT2D eigenvalue weighted by Crippen LogP contribution is -2.24. The molecule has 3 nitrogen and oxygen atoms in total. The van der Waals surface area contributed by atoms with Crippen LogP contribution in [0, 0.1) is 0 Å². The molecule has 2 rings (SSSR count). The molecule has 1 aliphatic rings. The van der Waals surface area contributed by atoms with E-state index in [4.69, 9.17) is 23.2 Å². The Bertz CT molecular complexity index is 459. The molecule has 5 heteroatoms. The van der Waals surface area contributed by atoms with Crippen molar-refractivity contribution in [1.29, 1.82) is 0 Å². The number of rotatable bonds is 5. The van der Waals surface area contributed by atoms with Crippen molar-refractivity contribution >= 4 is 29.2 Å². The number of carboxylic acid groups (broad SMARTS) is 1. The number of benzene rings is 1. The molecule has 19 heavy (non-hydrogen) atoms. The third kappa shape index (κ3) is 3.85. The molecule has 1 N–H and O–H groups in total. The van der Waals surface area contributed by atoms with Gasteiger partial charge in [0.1, 0.15) is 0 Å². The molecule has 1 unspecified atom stereocenters. The number of carboxylic acids is 1. The maximum Gasteiger partial charge on any atom is 0.311 e. The van der Waals surface area contributed by atoms with Gasteiger partial charge in [0, 0.05) is 10.0 Å². The number of nitrogens with zero attached hydrogens (tertiary/aromatic N) is 1. The molecule has 0 amide bonds. The fraction of sp³-hybridized carbons (Fsp3) is 0.500. The zero-order valence-electron chi connectivity index (χ0n) is 10.6. The van der Waals surface area contributed by atoms with E-state index in [1.165, 1.54) is 12.8 Å². The first kappa shape index (κ1) is 14.6. The fourth-order valence-corrected chi connectivity index (χ4v) is 3.05. The first-order valence-electron chi connectivity index (χ1n) is 6.48. The summed E-state index contributed by atoms with van der Waals surface area (Å²) in [7, 11) is 0. The van der Waals surface area contributed by atoms with Gasteiger partial charge in [-0.25, -0.2) is 0 Å². The molecule has 0 saturated carbocycles. The number of aliphatic carboxylic acids is 1. The molecule has 1 aliphatic heterocycles. The summed E-state index contributed by atoms with van der Waals surface area (Å²) in [6, 6.07) is 5.01. The van der Waals surface area contributed by atoms with E-state index < -0.39 is 11.9 Å². The average Bonchev–Trinajstić information content (AvgIpc) is 2.84. The van der Waals surface area contributed by atoms with Crippen molar-refractivity contribution < 1.29 is 9.90 Å². The number of hydrogen-bond acceptors (Lipinski definition) is 2. The van der Waals surface area contributed by atoms with Crippen LogP contribution in [0.25, 0.3) is 0 Å². The van der Waals surface area contributed by atoms with Crippen LogP contribution in [0.15, 0.2) is 18.2 Å². The van der Waals surface area contributed by atoms with E-state index in [0.29, 0.717) is 22.0 Å². The molecule has 0 aliphatic carbocycles. The average molecular weight is 302 g/mol. The molecular weight excluding hydrogens is 285 g/mol. The predicted molar refractivity (Wildman–Crippen MR) is 77.1 cm³/mol. The standard InChI is InChI=1S/C14H17Cl2NO2/c15-10-3-4-11(13(16)9-10)12(14(18)19)5-8-17-6-1-2-7-17/h3-4,9,12H,1-2,5-8H2,(H,18,19). The van der Waals surface area contributed by atoms with E-state index in [1.54, 1.807) is 18.2 Å². The Morgan fingerprint density at radius 3 is 2.58 bits per heavy atom. The SMILES string of the molecule is O=C(O)C(CCN1CCCC1)c1ccc(Cl)cc1Cl. The highest BCUT2D eigenvalue weighted by atomic mass is 35.5. The molecule has 0 radical (unpaired) electrons. The zero-order valence-corrected chi connectivity index (χ0v) is 12.1. The maximum atomic E-state index is 11.4. The van der Waals surface area contributed by atoms with Crippen LogP contribution in [0.2, 0.25) is 10.0 Å². The third-order valence-electron chi connectivity index (χ3n) is 3.57. The normalized spacial score (nSPS) is 17.6. The number of likely N-dealkylation sites (tertiary alicyclic amines) is 1. The maximum absolute atomic E-state index is 11.4. The van der Waals surface area contributed by atoms with Crippen molar-refractivity contribution in [2.24, 2.45) is 0 Å². The van der Waals surface area contributed by atoms with Crippen molar-refractivity contribution in [3.8, 4) is 0 Å². The van der Waals surface area contributed by atoms with E-state index in [9.17, 15) is 9.90 Å². The number of hydrogen-bond donors (Lipinski definition) is 1. The van der Waals surface area contributed by atoms with E-state index in [-0.39, 0.29) is 0 Å². The lowest BCUT2D eigenvalue weighted by molar-refractivity contribution is -0.139. The van der Waals surface area contributed by atoms with Crippen LogP contribution in [0.3, 0.4) is 0 Å². The van der Waals surface area contributed by atoms with Crippen molar-refractivity contribution in [1.82, 2.24) is 4.90 Å². The zero-order chi connectivity index (χ0) is 13.8. The van der Waals surface area contributed by atoms with Crippen LogP contribution in [-0.2, 0) is 4.79 Å². The fourth-order valence-electron chi connectivity index (χ4n) is 2.51. The largest absolute Gasteiger partial charge is 0.481 e. The van der Waals surface area contributed by atoms with Crippen molar-refractivity contribution in [3.63, 3.8) is 0 Å². The summed E-state index contributed by atoms with van der Waals surface area (Å²) in [6.07, 6.45) is 3.00. The molecule has 0 aromatic heterocycles. The molecular formula is C14H17Cl2NO2. The Balaban J connectivity index is 2.08. The van der Waals surface area contributed by atoms with Crippen LogP contribution in [-0.4, -0.2) is 35.6 Å². The second kappa shape index (κ2) is 6.60. The predicted octanol–water partition coefficient (Wildman–Crippen LogP) is 3.65. The molecule has 0 bridgehead atoms. The summed E-state index contributed by atoms with van der Waals surface area (Å²) >= 11 is 11.9. The number of halogens is 2. The lowest BCUT2D eigenvalue weighted by Gasteiger charge is -2.19. The monoisotopic (exact) mass is 301 g/mol. The van der Waals surface area contributed by atoms with E-state index in [1.807, 2.05) is 0 Å². The van der Waals surface area contributed by atoms with E-state index in [2.05, 4.69) is 4.90 Å². The van der Waals surface area contributed by atoms with Gasteiger partial charge in [0.25, 0.3) is 0 Å². The van der Waals surface area contributed by atoms with Gasteiger partial charge in [-0.05, 0) is 56.6 Å². The molecule has 0 spiro atoms. The van der Waals surface area contributed by atoms with Gasteiger partial charge in [0.2, 0.25) is 0 Å². The van der Waals surface area contributed by atoms with Gasteiger partial charge in [-0.3, -0.25) is 4.79 Å². The van der Waals surface area contributed by atoms with E-state index >= 15 is 0 Å². The topological polar surface area (TPSA) is 40.5 Å². The quantitative estimate of drug-likeness (QED) is 0.902. The van der Waals surface area contributed by atoms with Crippen LogP contribution in [0.1, 0.15) is 30.7 Å². The molecule has 1 aromatic rings. The van der Waals surface area contributed by atoms with Gasteiger partial charge in [-0.2, -0.15) is 0 Å². The highest BCUT2D eigenvalue weighted by Gasteiger charge is 2.24. The Morgan fingerprint density at radius 1 is 1.32 bits per heavy atom. The van der Waals surface area contributed by atoms with Gasteiger partial charge >= 0.3 is 5.97 Å². The van der Waals surface area contributed by atoms with Gasteiger partial charge < -0.3 is 10.0 Å². The summed E-state index contributed by atoms with van der Waals surface area (Å²) in [5.41, 5.74) is 0.651. The van der Waals surface area contributed by atoms with Gasteiger partial charge in [0.05, 0.1) is 5.92 Å². The van der Waals surface area contributed by atoms with Crippen LogP contribution in [0.4, 0.5) is 0 Å². The Morgan fingerprint density at radius 2 is 2.00 bits per heavy atom. The summed E-state index contributed by atoms with van der Waals surface area (Å²) in [4.78, 5) is 13.7. The van der Waals surface area contributed by atoms with Crippen LogP contribution in [0.5, 0.6) is 0 Å². The van der Waals surface area contributed by atoms with Crippen LogP contribution >= 0.6 is 23.2 Å². The van der Waals surface area contributed by atoms with Crippen LogP contribution < -0.4 is 0 Å². The first-order chi connectivity index (χ1) is 9.08. The minimum atomic E-state index is -0.830. The first-order valence-corrected chi connectivity index (χ1v) is 7.23. The summed E-state index contributed by atoms with van der Waals surface area (Å²) in [6.45, 7) is 2.94. The van der Waals surface area contributed by atoms with Gasteiger partial charge in [-0.15, -0.1) is 0 Å². The minimum Gasteiger partial charge on any atom is -0.481 e. The minimum absolute atomic E-state index is 0.432. The highest BCUT2D eigenvalue weighted by molar-refractivity contribution is 6.35. The Kier molecular flexibility index (Phi) is 5.08. The lowest BCUT2D eigenvalue weighted by atomic mass is 9.95. The summed E-state index contributed by atoms with van der Waals surface area (Å²) < 4.78 is 0. The van der Waals surface area contributed by atoms with Gasteiger partial charge in [-0.1, -0.05) is 29.3 Å². The third-order valence-corrected chi connectivity index (χ3v) is 4.13.